The maximum Gasteiger partial charge on any atom is 0.230 e. The van der Waals surface area contributed by atoms with Crippen LogP contribution in [0.4, 0.5) is 11.9 Å². The van der Waals surface area contributed by atoms with Crippen LogP contribution in [0.25, 0.3) is 10.9 Å². The van der Waals surface area contributed by atoms with Crippen LogP contribution in [0.3, 0.4) is 0 Å². The maximum absolute atomic E-state index is 4.53. The second kappa shape index (κ2) is 5.09. The van der Waals surface area contributed by atoms with Gasteiger partial charge in [0, 0.05) is 16.8 Å². The predicted molar refractivity (Wildman–Crippen MR) is 83.8 cm³/mol. The SMILES string of the molecule is Cc1ccc2nc(Nc3nc(C)cc(C)n3)nc(C)c2c1. The predicted octanol–water partition coefficient (Wildman–Crippen LogP) is 3.40. The van der Waals surface area contributed by atoms with Gasteiger partial charge in [-0.1, -0.05) is 11.6 Å². The average Bonchev–Trinajstić information content (AvgIpc) is 2.38. The molecule has 3 aromatic rings. The van der Waals surface area contributed by atoms with Crippen LogP contribution in [-0.2, 0) is 0 Å². The third-order valence-electron chi connectivity index (χ3n) is 3.25. The molecule has 0 amide bonds. The zero-order valence-corrected chi connectivity index (χ0v) is 12.6. The van der Waals surface area contributed by atoms with Crippen molar-refractivity contribution in [3.05, 3.63) is 46.9 Å². The number of anilines is 2. The van der Waals surface area contributed by atoms with Crippen molar-refractivity contribution in [2.45, 2.75) is 27.7 Å². The van der Waals surface area contributed by atoms with E-state index in [9.17, 15) is 0 Å². The fourth-order valence-corrected chi connectivity index (χ4v) is 2.33. The van der Waals surface area contributed by atoms with Gasteiger partial charge in [-0.15, -0.1) is 0 Å². The Kier molecular flexibility index (Phi) is 3.25. The summed E-state index contributed by atoms with van der Waals surface area (Å²) in [5.74, 6) is 1.05. The second-order valence-corrected chi connectivity index (χ2v) is 5.25. The van der Waals surface area contributed by atoms with Crippen molar-refractivity contribution in [3.63, 3.8) is 0 Å². The minimum atomic E-state index is 0.522. The fraction of sp³-hybridized carbons (Fsp3) is 0.250. The van der Waals surface area contributed by atoms with E-state index in [1.54, 1.807) is 0 Å². The summed E-state index contributed by atoms with van der Waals surface area (Å²) in [6.07, 6.45) is 0. The first-order valence-electron chi connectivity index (χ1n) is 6.85. The third-order valence-corrected chi connectivity index (χ3v) is 3.25. The second-order valence-electron chi connectivity index (χ2n) is 5.25. The summed E-state index contributed by atoms with van der Waals surface area (Å²) in [5, 5.41) is 4.16. The molecular weight excluding hydrogens is 262 g/mol. The average molecular weight is 279 g/mol. The van der Waals surface area contributed by atoms with Gasteiger partial charge in [-0.3, -0.25) is 5.32 Å². The van der Waals surface area contributed by atoms with Gasteiger partial charge in [0.1, 0.15) is 0 Å². The van der Waals surface area contributed by atoms with Crippen LogP contribution in [0.1, 0.15) is 22.6 Å². The third kappa shape index (κ3) is 2.81. The Bertz CT molecular complexity index is 806. The first kappa shape index (κ1) is 13.4. The summed E-state index contributed by atoms with van der Waals surface area (Å²) in [5.41, 5.74) is 4.89. The minimum absolute atomic E-state index is 0.522. The number of rotatable bonds is 2. The van der Waals surface area contributed by atoms with E-state index in [0.717, 1.165) is 28.0 Å². The number of nitrogens with one attached hydrogen (secondary N) is 1. The van der Waals surface area contributed by atoms with Gasteiger partial charge in [0.05, 0.1) is 11.2 Å². The first-order chi connectivity index (χ1) is 10.0. The lowest BCUT2D eigenvalue weighted by Gasteiger charge is -2.08. The van der Waals surface area contributed by atoms with E-state index >= 15 is 0 Å². The van der Waals surface area contributed by atoms with E-state index in [0.29, 0.717) is 11.9 Å². The highest BCUT2D eigenvalue weighted by atomic mass is 15.2. The maximum atomic E-state index is 4.53. The smallest absolute Gasteiger partial charge is 0.230 e. The largest absolute Gasteiger partial charge is 0.293 e. The van der Waals surface area contributed by atoms with E-state index in [2.05, 4.69) is 38.2 Å². The Morgan fingerprint density at radius 3 is 2.14 bits per heavy atom. The normalized spacial score (nSPS) is 10.9. The van der Waals surface area contributed by atoms with E-state index in [4.69, 9.17) is 0 Å². The molecule has 1 N–H and O–H groups in total. The van der Waals surface area contributed by atoms with Crippen molar-refractivity contribution in [2.75, 3.05) is 5.32 Å². The van der Waals surface area contributed by atoms with Gasteiger partial charge in [-0.2, -0.15) is 0 Å². The van der Waals surface area contributed by atoms with Crippen molar-refractivity contribution in [2.24, 2.45) is 0 Å². The van der Waals surface area contributed by atoms with Crippen molar-refractivity contribution < 1.29 is 0 Å². The summed E-state index contributed by atoms with van der Waals surface area (Å²) >= 11 is 0. The number of aryl methyl sites for hydroxylation is 4. The zero-order chi connectivity index (χ0) is 15.0. The van der Waals surface area contributed by atoms with Crippen LogP contribution >= 0.6 is 0 Å². The van der Waals surface area contributed by atoms with Crippen LogP contribution in [0.5, 0.6) is 0 Å². The molecule has 3 rings (SSSR count). The van der Waals surface area contributed by atoms with Gasteiger partial charge in [0.15, 0.2) is 0 Å². The molecule has 106 valence electrons. The summed E-state index contributed by atoms with van der Waals surface area (Å²) in [6.45, 7) is 7.93. The number of hydrogen-bond acceptors (Lipinski definition) is 5. The number of nitrogens with zero attached hydrogens (tertiary/aromatic N) is 4. The first-order valence-corrected chi connectivity index (χ1v) is 6.85. The topological polar surface area (TPSA) is 63.6 Å². The highest BCUT2D eigenvalue weighted by Crippen LogP contribution is 2.20. The van der Waals surface area contributed by atoms with Crippen LogP contribution in [0, 0.1) is 27.7 Å². The monoisotopic (exact) mass is 279 g/mol. The molecular formula is C16H17N5. The molecule has 0 saturated heterocycles. The minimum Gasteiger partial charge on any atom is -0.293 e. The van der Waals surface area contributed by atoms with E-state index in [1.165, 1.54) is 5.56 Å². The van der Waals surface area contributed by atoms with Gasteiger partial charge in [-0.25, -0.2) is 19.9 Å². The van der Waals surface area contributed by atoms with Crippen molar-refractivity contribution in [1.82, 2.24) is 19.9 Å². The summed E-state index contributed by atoms with van der Waals surface area (Å²) in [6, 6.07) is 8.08. The molecule has 0 aliphatic carbocycles. The molecule has 0 bridgehead atoms. The molecule has 0 atom stereocenters. The molecule has 0 spiro atoms. The molecule has 0 aliphatic rings. The Morgan fingerprint density at radius 1 is 0.762 bits per heavy atom. The lowest BCUT2D eigenvalue weighted by Crippen LogP contribution is -2.04. The summed E-state index contributed by atoms with van der Waals surface area (Å²) in [7, 11) is 0. The van der Waals surface area contributed by atoms with Crippen LogP contribution < -0.4 is 5.32 Å². The lowest BCUT2D eigenvalue weighted by atomic mass is 10.1. The molecule has 1 aromatic carbocycles. The van der Waals surface area contributed by atoms with Gasteiger partial charge in [-0.05, 0) is 45.9 Å². The van der Waals surface area contributed by atoms with Crippen molar-refractivity contribution in [3.8, 4) is 0 Å². The van der Waals surface area contributed by atoms with Crippen LogP contribution in [0.15, 0.2) is 24.3 Å². The molecule has 0 fully saturated rings. The van der Waals surface area contributed by atoms with Crippen molar-refractivity contribution >= 4 is 22.8 Å². The molecule has 2 aromatic heterocycles. The van der Waals surface area contributed by atoms with Gasteiger partial charge < -0.3 is 0 Å². The Morgan fingerprint density at radius 2 is 1.43 bits per heavy atom. The van der Waals surface area contributed by atoms with Crippen LogP contribution in [0.2, 0.25) is 0 Å². The van der Waals surface area contributed by atoms with Gasteiger partial charge >= 0.3 is 0 Å². The molecule has 0 aliphatic heterocycles. The molecule has 5 nitrogen and oxygen atoms in total. The molecule has 0 radical (unpaired) electrons. The Hall–Kier alpha value is -2.56. The van der Waals surface area contributed by atoms with Crippen molar-refractivity contribution in [1.29, 1.82) is 0 Å². The Labute approximate surface area is 123 Å². The standard InChI is InChI=1S/C16H17N5/c1-9-5-6-14-13(7-9)12(4)19-16(20-14)21-15-17-10(2)8-11(3)18-15/h5-8H,1-4H3,(H,17,18,19,20,21). The van der Waals surface area contributed by atoms with E-state index < -0.39 is 0 Å². The van der Waals surface area contributed by atoms with Crippen LogP contribution in [-0.4, -0.2) is 19.9 Å². The lowest BCUT2D eigenvalue weighted by molar-refractivity contribution is 1.04. The fourth-order valence-electron chi connectivity index (χ4n) is 2.33. The Balaban J connectivity index is 2.03. The highest BCUT2D eigenvalue weighted by molar-refractivity contribution is 5.82. The molecule has 0 saturated carbocycles. The summed E-state index contributed by atoms with van der Waals surface area (Å²) < 4.78 is 0. The van der Waals surface area contributed by atoms with E-state index in [-0.39, 0.29) is 0 Å². The number of fused-ring (bicyclic) bond motifs is 1. The highest BCUT2D eigenvalue weighted by Gasteiger charge is 2.07. The number of hydrogen-bond donors (Lipinski definition) is 1. The quantitative estimate of drug-likeness (QED) is 0.779. The number of benzene rings is 1. The summed E-state index contributed by atoms with van der Waals surface area (Å²) in [4.78, 5) is 17.7. The van der Waals surface area contributed by atoms with E-state index in [1.807, 2.05) is 39.0 Å². The molecule has 5 heteroatoms. The molecule has 0 unspecified atom stereocenters. The van der Waals surface area contributed by atoms with Gasteiger partial charge in [0.25, 0.3) is 0 Å². The number of aromatic nitrogens is 4. The zero-order valence-electron chi connectivity index (χ0n) is 12.6. The molecule has 2 heterocycles. The van der Waals surface area contributed by atoms with Gasteiger partial charge in [0.2, 0.25) is 11.9 Å². The molecule has 21 heavy (non-hydrogen) atoms.